The van der Waals surface area contributed by atoms with Crippen LogP contribution in [0, 0.1) is 0 Å². The normalized spacial score (nSPS) is 29.0. The molecule has 15 heavy (non-hydrogen) atoms. The Morgan fingerprint density at radius 3 is 2.67 bits per heavy atom. The van der Waals surface area contributed by atoms with Crippen LogP contribution < -0.4 is 5.73 Å². The first-order chi connectivity index (χ1) is 7.00. The standard InChI is InChI=1S/C10H21NO4/c1-10(2)14-6-8(15-10)9(11)7(13-3)4-5-12/h7-9,12H,4-6,11H2,1-3H3/t7-,8-,9-/m1/s1. The highest BCUT2D eigenvalue weighted by Crippen LogP contribution is 2.25. The van der Waals surface area contributed by atoms with E-state index >= 15 is 0 Å². The molecule has 5 heteroatoms. The van der Waals surface area contributed by atoms with E-state index in [1.54, 1.807) is 7.11 Å². The van der Waals surface area contributed by atoms with Crippen molar-refractivity contribution in [2.75, 3.05) is 20.3 Å². The maximum Gasteiger partial charge on any atom is 0.163 e. The zero-order chi connectivity index (χ0) is 11.5. The molecule has 0 amide bonds. The van der Waals surface area contributed by atoms with Gasteiger partial charge in [0.2, 0.25) is 0 Å². The van der Waals surface area contributed by atoms with E-state index in [9.17, 15) is 0 Å². The molecule has 0 aromatic rings. The van der Waals surface area contributed by atoms with Gasteiger partial charge in [-0.25, -0.2) is 0 Å². The molecule has 1 rings (SSSR count). The number of aliphatic hydroxyl groups excluding tert-OH is 1. The Hall–Kier alpha value is -0.200. The van der Waals surface area contributed by atoms with Crippen molar-refractivity contribution in [2.45, 2.75) is 44.3 Å². The van der Waals surface area contributed by atoms with E-state index < -0.39 is 5.79 Å². The van der Waals surface area contributed by atoms with E-state index in [0.29, 0.717) is 13.0 Å². The van der Waals surface area contributed by atoms with E-state index in [2.05, 4.69) is 0 Å². The Bertz CT molecular complexity index is 198. The van der Waals surface area contributed by atoms with Crippen LogP contribution in [0.25, 0.3) is 0 Å². The Labute approximate surface area is 90.5 Å². The molecule has 0 aromatic carbocycles. The van der Waals surface area contributed by atoms with Gasteiger partial charge in [0.05, 0.1) is 18.8 Å². The zero-order valence-corrected chi connectivity index (χ0v) is 9.60. The van der Waals surface area contributed by atoms with Crippen molar-refractivity contribution in [3.05, 3.63) is 0 Å². The van der Waals surface area contributed by atoms with Crippen molar-refractivity contribution in [2.24, 2.45) is 5.73 Å². The van der Waals surface area contributed by atoms with Crippen LogP contribution >= 0.6 is 0 Å². The fourth-order valence-corrected chi connectivity index (χ4v) is 1.74. The predicted molar refractivity (Wildman–Crippen MR) is 55.4 cm³/mol. The molecular weight excluding hydrogens is 198 g/mol. The molecule has 1 fully saturated rings. The summed E-state index contributed by atoms with van der Waals surface area (Å²) in [7, 11) is 1.58. The second-order valence-corrected chi connectivity index (χ2v) is 4.23. The summed E-state index contributed by atoms with van der Waals surface area (Å²) in [4.78, 5) is 0. The third-order valence-electron chi connectivity index (χ3n) is 2.61. The third kappa shape index (κ3) is 3.39. The molecule has 90 valence electrons. The molecule has 0 unspecified atom stereocenters. The topological polar surface area (TPSA) is 73.9 Å². The second-order valence-electron chi connectivity index (χ2n) is 4.23. The third-order valence-corrected chi connectivity index (χ3v) is 2.61. The van der Waals surface area contributed by atoms with Gasteiger partial charge in [0, 0.05) is 13.7 Å². The second kappa shape index (κ2) is 5.23. The van der Waals surface area contributed by atoms with Gasteiger partial charge in [0.25, 0.3) is 0 Å². The quantitative estimate of drug-likeness (QED) is 0.673. The van der Waals surface area contributed by atoms with Gasteiger partial charge >= 0.3 is 0 Å². The fraction of sp³-hybridized carbons (Fsp3) is 1.00. The number of nitrogens with two attached hydrogens (primary N) is 1. The number of ether oxygens (including phenoxy) is 3. The lowest BCUT2D eigenvalue weighted by molar-refractivity contribution is -0.145. The van der Waals surface area contributed by atoms with Crippen LogP contribution in [0.4, 0.5) is 0 Å². The van der Waals surface area contributed by atoms with Crippen LogP contribution in [0.5, 0.6) is 0 Å². The summed E-state index contributed by atoms with van der Waals surface area (Å²) in [5, 5.41) is 8.85. The Morgan fingerprint density at radius 2 is 2.27 bits per heavy atom. The molecule has 5 nitrogen and oxygen atoms in total. The van der Waals surface area contributed by atoms with E-state index in [1.165, 1.54) is 0 Å². The minimum Gasteiger partial charge on any atom is -0.396 e. The summed E-state index contributed by atoms with van der Waals surface area (Å²) < 4.78 is 16.3. The maximum absolute atomic E-state index is 8.85. The van der Waals surface area contributed by atoms with Gasteiger partial charge in [0.15, 0.2) is 5.79 Å². The summed E-state index contributed by atoms with van der Waals surface area (Å²) in [5.74, 6) is -0.570. The van der Waals surface area contributed by atoms with Gasteiger partial charge in [-0.1, -0.05) is 0 Å². The SMILES string of the molecule is CO[C@H](CCO)[C@@H](N)[C@H]1COC(C)(C)O1. The first kappa shape index (κ1) is 12.9. The van der Waals surface area contributed by atoms with Crippen molar-refractivity contribution in [3.63, 3.8) is 0 Å². The van der Waals surface area contributed by atoms with Crippen molar-refractivity contribution in [1.82, 2.24) is 0 Å². The first-order valence-electron chi connectivity index (χ1n) is 5.21. The summed E-state index contributed by atoms with van der Waals surface area (Å²) in [5.41, 5.74) is 6.00. The molecule has 0 bridgehead atoms. The lowest BCUT2D eigenvalue weighted by atomic mass is 10.0. The number of methoxy groups -OCH3 is 1. The number of aliphatic hydroxyl groups is 1. The molecule has 0 spiro atoms. The van der Waals surface area contributed by atoms with Gasteiger partial charge in [-0.2, -0.15) is 0 Å². The molecule has 1 heterocycles. The average Bonchev–Trinajstić information content (AvgIpc) is 2.54. The lowest BCUT2D eigenvalue weighted by Crippen LogP contribution is -2.47. The number of hydrogen-bond donors (Lipinski definition) is 2. The molecule has 1 aliphatic rings. The molecule has 0 aromatic heterocycles. The Morgan fingerprint density at radius 1 is 1.60 bits per heavy atom. The summed E-state index contributed by atoms with van der Waals surface area (Å²) in [6.07, 6.45) is 0.145. The molecule has 1 aliphatic heterocycles. The van der Waals surface area contributed by atoms with Crippen LogP contribution in [0.15, 0.2) is 0 Å². The minimum atomic E-state index is -0.570. The summed E-state index contributed by atoms with van der Waals surface area (Å²) >= 11 is 0. The van der Waals surface area contributed by atoms with Gasteiger partial charge in [0.1, 0.15) is 6.10 Å². The zero-order valence-electron chi connectivity index (χ0n) is 9.60. The van der Waals surface area contributed by atoms with Crippen LogP contribution in [-0.2, 0) is 14.2 Å². The molecule has 3 N–H and O–H groups in total. The number of rotatable bonds is 5. The fourth-order valence-electron chi connectivity index (χ4n) is 1.74. The van der Waals surface area contributed by atoms with Crippen LogP contribution in [-0.4, -0.2) is 49.5 Å². The molecule has 0 radical (unpaired) electrons. The predicted octanol–water partition coefficient (Wildman–Crippen LogP) is -0.137. The van der Waals surface area contributed by atoms with Gasteiger partial charge in [-0.05, 0) is 20.3 Å². The van der Waals surface area contributed by atoms with Gasteiger partial charge in [-0.3, -0.25) is 0 Å². The summed E-state index contributed by atoms with van der Waals surface area (Å²) in [6, 6.07) is -0.274. The highest BCUT2D eigenvalue weighted by molar-refractivity contribution is 4.86. The lowest BCUT2D eigenvalue weighted by Gasteiger charge is -2.26. The van der Waals surface area contributed by atoms with Crippen LogP contribution in [0.1, 0.15) is 20.3 Å². The minimum absolute atomic E-state index is 0.0587. The van der Waals surface area contributed by atoms with Crippen molar-refractivity contribution in [1.29, 1.82) is 0 Å². The molecule has 3 atom stereocenters. The number of hydrogen-bond acceptors (Lipinski definition) is 5. The van der Waals surface area contributed by atoms with Gasteiger partial charge < -0.3 is 25.1 Å². The molecule has 0 saturated carbocycles. The van der Waals surface area contributed by atoms with E-state index in [-0.39, 0.29) is 24.9 Å². The molecule has 0 aliphatic carbocycles. The van der Waals surface area contributed by atoms with Crippen molar-refractivity contribution < 1.29 is 19.3 Å². The Kier molecular flexibility index (Phi) is 4.48. The van der Waals surface area contributed by atoms with E-state index in [0.717, 1.165) is 0 Å². The monoisotopic (exact) mass is 219 g/mol. The van der Waals surface area contributed by atoms with E-state index in [1.807, 2.05) is 13.8 Å². The average molecular weight is 219 g/mol. The molecule has 1 saturated heterocycles. The molecular formula is C10H21NO4. The largest absolute Gasteiger partial charge is 0.396 e. The van der Waals surface area contributed by atoms with Crippen LogP contribution in [0.2, 0.25) is 0 Å². The van der Waals surface area contributed by atoms with Crippen molar-refractivity contribution >= 4 is 0 Å². The van der Waals surface area contributed by atoms with Crippen molar-refractivity contribution in [3.8, 4) is 0 Å². The smallest absolute Gasteiger partial charge is 0.163 e. The van der Waals surface area contributed by atoms with E-state index in [4.69, 9.17) is 25.1 Å². The highest BCUT2D eigenvalue weighted by Gasteiger charge is 2.38. The first-order valence-corrected chi connectivity index (χ1v) is 5.21. The maximum atomic E-state index is 8.85. The highest BCUT2D eigenvalue weighted by atomic mass is 16.7. The van der Waals surface area contributed by atoms with Crippen LogP contribution in [0.3, 0.4) is 0 Å². The summed E-state index contributed by atoms with van der Waals surface area (Å²) in [6.45, 7) is 4.24. The Balaban J connectivity index is 2.49. The van der Waals surface area contributed by atoms with Gasteiger partial charge in [-0.15, -0.1) is 0 Å².